The lowest BCUT2D eigenvalue weighted by atomic mass is 10.9. The van der Waals surface area contributed by atoms with E-state index >= 15 is 0 Å². The Morgan fingerprint density at radius 3 is 2.30 bits per heavy atom. The van der Waals surface area contributed by atoms with E-state index in [2.05, 4.69) is 4.40 Å². The molecule has 0 aliphatic carbocycles. The minimum atomic E-state index is -0.460. The monoisotopic (exact) mass is 158 g/mol. The molecule has 0 aromatic heterocycles. The zero-order valence-electron chi connectivity index (χ0n) is 5.81. The maximum Gasteiger partial charge on any atom is 0.387 e. The standard InChI is InChI=1S/C5H8N3OS/c1-7-3-4-8(2)10(7)6-5-9/h3-4H,1-2H3/q+1. The second-order valence-corrected chi connectivity index (χ2v) is 3.64. The number of carbonyl (C=O) groups excluding carboxylic acids is 1. The molecule has 0 radical (unpaired) electrons. The molecule has 0 bridgehead atoms. The van der Waals surface area contributed by atoms with Crippen LogP contribution in [0.4, 0.5) is 0 Å². The quantitative estimate of drug-likeness (QED) is 0.307. The molecule has 1 aliphatic heterocycles. The number of hydrogen-bond donors (Lipinski definition) is 0. The average molecular weight is 158 g/mol. The number of hydrogen-bond acceptors (Lipinski definition) is 4. The van der Waals surface area contributed by atoms with Crippen molar-refractivity contribution in [3.63, 3.8) is 0 Å². The van der Waals surface area contributed by atoms with Gasteiger partial charge in [-0.1, -0.05) is 0 Å². The first kappa shape index (κ1) is 7.18. The van der Waals surface area contributed by atoms with Gasteiger partial charge in [0.2, 0.25) is 0 Å². The molecule has 0 aromatic carbocycles. The first-order valence-corrected chi connectivity index (χ1v) is 3.82. The highest BCUT2D eigenvalue weighted by Crippen LogP contribution is 2.15. The molecule has 0 N–H and O–H groups in total. The Hall–Kier alpha value is -0.930. The van der Waals surface area contributed by atoms with Crippen LogP contribution < -0.4 is 0 Å². The van der Waals surface area contributed by atoms with E-state index in [-0.39, 0.29) is 0 Å². The van der Waals surface area contributed by atoms with Gasteiger partial charge in [-0.3, -0.25) is 0 Å². The number of nitrogens with zero attached hydrogens (tertiary/aromatic N) is 3. The van der Waals surface area contributed by atoms with E-state index in [1.165, 1.54) is 6.08 Å². The van der Waals surface area contributed by atoms with Crippen molar-refractivity contribution >= 4 is 17.5 Å². The van der Waals surface area contributed by atoms with Gasteiger partial charge in [-0.15, -0.1) is 0 Å². The van der Waals surface area contributed by atoms with Crippen molar-refractivity contribution in [3.05, 3.63) is 12.4 Å². The molecule has 0 fully saturated rings. The summed E-state index contributed by atoms with van der Waals surface area (Å²) in [6.45, 7) is 0. The van der Waals surface area contributed by atoms with E-state index in [1.807, 2.05) is 35.1 Å². The first-order valence-electron chi connectivity index (χ1n) is 2.72. The second kappa shape index (κ2) is 2.77. The second-order valence-electron chi connectivity index (χ2n) is 1.82. The summed E-state index contributed by atoms with van der Waals surface area (Å²) in [5.74, 6) is 0. The Labute approximate surface area is 62.6 Å². The van der Waals surface area contributed by atoms with Gasteiger partial charge in [0.25, 0.3) is 6.08 Å². The van der Waals surface area contributed by atoms with Crippen LogP contribution in [0.3, 0.4) is 0 Å². The van der Waals surface area contributed by atoms with Gasteiger partial charge in [0.05, 0.1) is 30.9 Å². The van der Waals surface area contributed by atoms with E-state index in [9.17, 15) is 4.79 Å². The molecule has 5 heteroatoms. The molecule has 4 nitrogen and oxygen atoms in total. The fourth-order valence-corrected chi connectivity index (χ4v) is 1.72. The SMILES string of the molecule is CN1C=CN(C)[S+]1N=C=O. The first-order chi connectivity index (χ1) is 4.75. The summed E-state index contributed by atoms with van der Waals surface area (Å²) in [6, 6.07) is 0. The Balaban J connectivity index is 2.68. The van der Waals surface area contributed by atoms with Crippen LogP contribution in [0, 0.1) is 0 Å². The number of rotatable bonds is 1. The summed E-state index contributed by atoms with van der Waals surface area (Å²) < 4.78 is 7.30. The van der Waals surface area contributed by atoms with Gasteiger partial charge in [-0.2, -0.15) is 8.61 Å². The van der Waals surface area contributed by atoms with E-state index in [4.69, 9.17) is 0 Å². The zero-order chi connectivity index (χ0) is 7.56. The molecular weight excluding hydrogens is 150 g/mol. The van der Waals surface area contributed by atoms with Crippen LogP contribution in [0.15, 0.2) is 16.8 Å². The maximum absolute atomic E-state index is 9.89. The van der Waals surface area contributed by atoms with E-state index in [0.29, 0.717) is 0 Å². The predicted molar refractivity (Wildman–Crippen MR) is 40.2 cm³/mol. The van der Waals surface area contributed by atoms with Crippen LogP contribution in [0.5, 0.6) is 0 Å². The van der Waals surface area contributed by atoms with Crippen LogP contribution in [0.1, 0.15) is 0 Å². The third-order valence-corrected chi connectivity index (χ3v) is 2.63. The normalized spacial score (nSPS) is 17.8. The molecule has 0 amide bonds. The van der Waals surface area contributed by atoms with Crippen molar-refractivity contribution in [2.24, 2.45) is 4.40 Å². The lowest BCUT2D eigenvalue weighted by Gasteiger charge is -2.04. The van der Waals surface area contributed by atoms with Crippen LogP contribution in [-0.2, 0) is 16.2 Å². The summed E-state index contributed by atoms with van der Waals surface area (Å²) in [5, 5.41) is 0. The van der Waals surface area contributed by atoms with Gasteiger partial charge < -0.3 is 0 Å². The van der Waals surface area contributed by atoms with Gasteiger partial charge in [-0.05, 0) is 0 Å². The van der Waals surface area contributed by atoms with Crippen molar-refractivity contribution in [1.82, 2.24) is 8.61 Å². The molecule has 1 rings (SSSR count). The lowest BCUT2D eigenvalue weighted by molar-refractivity contribution is 0.565. The summed E-state index contributed by atoms with van der Waals surface area (Å²) in [5.41, 5.74) is 0. The Morgan fingerprint density at radius 2 is 1.90 bits per heavy atom. The smallest absolute Gasteiger partial charge is 0.206 e. The van der Waals surface area contributed by atoms with Crippen molar-refractivity contribution in [2.45, 2.75) is 0 Å². The Morgan fingerprint density at radius 1 is 1.40 bits per heavy atom. The van der Waals surface area contributed by atoms with Crippen LogP contribution >= 0.6 is 0 Å². The summed E-state index contributed by atoms with van der Waals surface area (Å²) in [6.07, 6.45) is 5.26. The minimum Gasteiger partial charge on any atom is -0.206 e. The molecule has 1 aliphatic rings. The third kappa shape index (κ3) is 1.15. The zero-order valence-corrected chi connectivity index (χ0v) is 6.63. The molecule has 0 atom stereocenters. The van der Waals surface area contributed by atoms with E-state index in [1.54, 1.807) is 0 Å². The largest absolute Gasteiger partial charge is 0.387 e. The molecule has 1 heterocycles. The molecular formula is C5H8N3OS+. The van der Waals surface area contributed by atoms with E-state index < -0.39 is 11.5 Å². The topological polar surface area (TPSA) is 35.9 Å². The van der Waals surface area contributed by atoms with Gasteiger partial charge in [0.15, 0.2) is 0 Å². The van der Waals surface area contributed by atoms with Crippen molar-refractivity contribution in [3.8, 4) is 0 Å². The average Bonchev–Trinajstić information content (AvgIpc) is 2.20. The highest BCUT2D eigenvalue weighted by atomic mass is 32.2. The third-order valence-electron chi connectivity index (χ3n) is 1.12. The predicted octanol–water partition coefficient (Wildman–Crippen LogP) is 0.0339. The Bertz CT molecular complexity index is 187. The Kier molecular flexibility index (Phi) is 1.99. The summed E-state index contributed by atoms with van der Waals surface area (Å²) in [4.78, 5) is 9.89. The van der Waals surface area contributed by atoms with Crippen LogP contribution in [0.25, 0.3) is 0 Å². The molecule has 0 aromatic rings. The molecule has 0 unspecified atom stereocenters. The van der Waals surface area contributed by atoms with Crippen molar-refractivity contribution < 1.29 is 4.79 Å². The number of isocyanates is 1. The van der Waals surface area contributed by atoms with Crippen LogP contribution in [0.2, 0.25) is 0 Å². The van der Waals surface area contributed by atoms with Crippen molar-refractivity contribution in [2.75, 3.05) is 14.1 Å². The van der Waals surface area contributed by atoms with E-state index in [0.717, 1.165) is 0 Å². The van der Waals surface area contributed by atoms with Crippen LogP contribution in [-0.4, -0.2) is 28.8 Å². The highest BCUT2D eigenvalue weighted by molar-refractivity contribution is 7.91. The lowest BCUT2D eigenvalue weighted by Crippen LogP contribution is -2.25. The van der Waals surface area contributed by atoms with Gasteiger partial charge >= 0.3 is 11.5 Å². The van der Waals surface area contributed by atoms with Crippen molar-refractivity contribution in [1.29, 1.82) is 0 Å². The fraction of sp³-hybridized carbons (Fsp3) is 0.400. The summed E-state index contributed by atoms with van der Waals surface area (Å²) >= 11 is -0.460. The molecule has 54 valence electrons. The molecule has 0 saturated carbocycles. The minimum absolute atomic E-state index is 0.460. The van der Waals surface area contributed by atoms with Gasteiger partial charge in [-0.25, -0.2) is 4.79 Å². The highest BCUT2D eigenvalue weighted by Gasteiger charge is 2.33. The maximum atomic E-state index is 9.89. The fourth-order valence-electron chi connectivity index (χ4n) is 0.662. The molecule has 0 spiro atoms. The molecule has 10 heavy (non-hydrogen) atoms. The van der Waals surface area contributed by atoms with Gasteiger partial charge in [0.1, 0.15) is 0 Å². The van der Waals surface area contributed by atoms with Gasteiger partial charge in [0, 0.05) is 0 Å². The summed E-state index contributed by atoms with van der Waals surface area (Å²) in [7, 11) is 3.73. The molecule has 0 saturated heterocycles.